The molecule has 1 aliphatic rings. The average molecular weight is 463 g/mol. The number of amides is 2. The molecule has 0 bridgehead atoms. The number of ether oxygens (including phenoxy) is 1. The van der Waals surface area contributed by atoms with Crippen LogP contribution in [0.25, 0.3) is 5.57 Å². The molecule has 1 heterocycles. The molecule has 0 atom stereocenters. The lowest BCUT2D eigenvalue weighted by molar-refractivity contribution is -0.120. The number of nitrogens with one attached hydrogen (secondary N) is 1. The Bertz CT molecular complexity index is 1140. The summed E-state index contributed by atoms with van der Waals surface area (Å²) >= 11 is 3.44. The molecule has 0 unspecified atom stereocenters. The molecule has 0 saturated heterocycles. The molecule has 3 aromatic carbocycles. The quantitative estimate of drug-likeness (QED) is 0.508. The van der Waals surface area contributed by atoms with Crippen molar-refractivity contribution in [3.8, 4) is 5.75 Å². The zero-order chi connectivity index (χ0) is 21.1. The molecule has 4 rings (SSSR count). The molecule has 0 spiro atoms. The van der Waals surface area contributed by atoms with E-state index in [1.165, 1.54) is 4.90 Å². The van der Waals surface area contributed by atoms with Gasteiger partial charge < -0.3 is 10.1 Å². The number of carbonyl (C=O) groups excluding carboxylic acids is 2. The molecule has 2 amide bonds. The minimum absolute atomic E-state index is 0.232. The predicted octanol–water partition coefficient (Wildman–Crippen LogP) is 5.24. The minimum atomic E-state index is -0.425. The summed E-state index contributed by atoms with van der Waals surface area (Å²) < 4.78 is 6.53. The molecular weight excluding hydrogens is 444 g/mol. The van der Waals surface area contributed by atoms with Gasteiger partial charge in [-0.05, 0) is 42.8 Å². The van der Waals surface area contributed by atoms with Crippen LogP contribution >= 0.6 is 15.9 Å². The number of rotatable bonds is 6. The highest BCUT2D eigenvalue weighted by Crippen LogP contribution is 2.37. The Kier molecular flexibility index (Phi) is 5.68. The molecule has 0 aromatic heterocycles. The van der Waals surface area contributed by atoms with Crippen LogP contribution in [0.3, 0.4) is 0 Å². The number of carbonyl (C=O) groups is 2. The van der Waals surface area contributed by atoms with Crippen molar-refractivity contribution in [2.24, 2.45) is 0 Å². The fourth-order valence-corrected chi connectivity index (χ4v) is 3.77. The number of anilines is 2. The van der Waals surface area contributed by atoms with Gasteiger partial charge in [0.1, 0.15) is 11.4 Å². The molecule has 1 N–H and O–H groups in total. The van der Waals surface area contributed by atoms with E-state index >= 15 is 0 Å². The normalized spacial score (nSPS) is 13.7. The number of benzene rings is 3. The lowest BCUT2D eigenvalue weighted by atomic mass is 10.0. The van der Waals surface area contributed by atoms with Crippen molar-refractivity contribution in [1.82, 2.24) is 0 Å². The average Bonchev–Trinajstić information content (AvgIpc) is 2.99. The van der Waals surface area contributed by atoms with Crippen LogP contribution in [0.5, 0.6) is 5.75 Å². The van der Waals surface area contributed by atoms with Gasteiger partial charge >= 0.3 is 0 Å². The smallest absolute Gasteiger partial charge is 0.282 e. The molecule has 1 aliphatic heterocycles. The van der Waals surface area contributed by atoms with Crippen molar-refractivity contribution in [3.05, 3.63) is 94.6 Å². The number of hydrogen-bond donors (Lipinski definition) is 1. The van der Waals surface area contributed by atoms with E-state index in [4.69, 9.17) is 4.74 Å². The van der Waals surface area contributed by atoms with Crippen LogP contribution in [-0.4, -0.2) is 18.4 Å². The van der Waals surface area contributed by atoms with Gasteiger partial charge in [-0.3, -0.25) is 9.59 Å². The maximum absolute atomic E-state index is 13.5. The van der Waals surface area contributed by atoms with Crippen molar-refractivity contribution in [3.63, 3.8) is 0 Å². The number of hydrogen-bond acceptors (Lipinski definition) is 4. The first kappa shape index (κ1) is 19.9. The molecule has 6 heteroatoms. The Balaban J connectivity index is 1.83. The summed E-state index contributed by atoms with van der Waals surface area (Å²) in [6.45, 7) is 2.29. The number of imide groups is 1. The van der Waals surface area contributed by atoms with E-state index in [2.05, 4.69) is 21.2 Å². The first-order valence-electron chi connectivity index (χ1n) is 9.53. The summed E-state index contributed by atoms with van der Waals surface area (Å²) in [4.78, 5) is 28.1. The van der Waals surface area contributed by atoms with Gasteiger partial charge in [-0.1, -0.05) is 64.5 Å². The van der Waals surface area contributed by atoms with E-state index in [1.54, 1.807) is 18.2 Å². The van der Waals surface area contributed by atoms with E-state index in [1.807, 2.05) is 67.6 Å². The summed E-state index contributed by atoms with van der Waals surface area (Å²) in [7, 11) is 0. The number of nitrogens with zero attached hydrogens (tertiary/aromatic N) is 1. The van der Waals surface area contributed by atoms with Crippen LogP contribution in [-0.2, 0) is 9.59 Å². The van der Waals surface area contributed by atoms with Gasteiger partial charge in [0.2, 0.25) is 0 Å². The van der Waals surface area contributed by atoms with Crippen molar-refractivity contribution in [2.75, 3.05) is 16.8 Å². The van der Waals surface area contributed by atoms with E-state index in [-0.39, 0.29) is 5.70 Å². The van der Waals surface area contributed by atoms with Gasteiger partial charge in [0, 0.05) is 10.2 Å². The van der Waals surface area contributed by atoms with Gasteiger partial charge in [-0.15, -0.1) is 0 Å². The third kappa shape index (κ3) is 3.74. The fourth-order valence-electron chi connectivity index (χ4n) is 3.37. The molecule has 0 aliphatic carbocycles. The van der Waals surface area contributed by atoms with Crippen LogP contribution in [0.15, 0.2) is 89.0 Å². The molecular formula is C24H19BrN2O3. The summed E-state index contributed by atoms with van der Waals surface area (Å²) in [6, 6.07) is 23.7. The third-order valence-corrected chi connectivity index (χ3v) is 5.14. The van der Waals surface area contributed by atoms with E-state index < -0.39 is 11.8 Å². The minimum Gasteiger partial charge on any atom is -0.492 e. The lowest BCUT2D eigenvalue weighted by Gasteiger charge is -2.19. The van der Waals surface area contributed by atoms with Gasteiger partial charge in [-0.2, -0.15) is 0 Å². The Morgan fingerprint density at radius 2 is 1.63 bits per heavy atom. The third-order valence-electron chi connectivity index (χ3n) is 4.65. The standard InChI is InChI=1S/C24H19BrN2O3/c1-2-30-20-14-7-6-13-19(20)27-23(28)21(16-9-4-3-5-10-16)22(24(27)29)26-18-12-8-11-17(25)15-18/h3-15,26H,2H2,1H3. The SMILES string of the molecule is CCOc1ccccc1N1C(=O)C(Nc2cccc(Br)c2)=C(c2ccccc2)C1=O. The maximum Gasteiger partial charge on any atom is 0.282 e. The van der Waals surface area contributed by atoms with E-state index in [9.17, 15) is 9.59 Å². The van der Waals surface area contributed by atoms with Crippen LogP contribution < -0.4 is 15.0 Å². The summed E-state index contributed by atoms with van der Waals surface area (Å²) in [5.41, 5.74) is 2.36. The molecule has 3 aromatic rings. The number of para-hydroxylation sites is 2. The van der Waals surface area contributed by atoms with Gasteiger partial charge in [-0.25, -0.2) is 4.90 Å². The highest BCUT2D eigenvalue weighted by Gasteiger charge is 2.41. The topological polar surface area (TPSA) is 58.6 Å². The molecule has 5 nitrogen and oxygen atoms in total. The monoisotopic (exact) mass is 462 g/mol. The predicted molar refractivity (Wildman–Crippen MR) is 121 cm³/mol. The summed E-state index contributed by atoms with van der Waals surface area (Å²) in [5.74, 6) is -0.334. The highest BCUT2D eigenvalue weighted by atomic mass is 79.9. The Morgan fingerprint density at radius 1 is 0.900 bits per heavy atom. The molecule has 150 valence electrons. The largest absolute Gasteiger partial charge is 0.492 e. The number of halogens is 1. The highest BCUT2D eigenvalue weighted by molar-refractivity contribution is 9.10. The summed E-state index contributed by atoms with van der Waals surface area (Å²) in [6.07, 6.45) is 0. The van der Waals surface area contributed by atoms with Crippen LogP contribution in [0.4, 0.5) is 11.4 Å². The second-order valence-corrected chi connectivity index (χ2v) is 7.51. The molecule has 0 fully saturated rings. The van der Waals surface area contributed by atoms with Crippen LogP contribution in [0, 0.1) is 0 Å². The van der Waals surface area contributed by atoms with E-state index in [0.717, 1.165) is 4.47 Å². The fraction of sp³-hybridized carbons (Fsp3) is 0.0833. The maximum atomic E-state index is 13.5. The molecule has 0 saturated carbocycles. The van der Waals surface area contributed by atoms with Gasteiger partial charge in [0.05, 0.1) is 17.9 Å². The second-order valence-electron chi connectivity index (χ2n) is 6.60. The lowest BCUT2D eigenvalue weighted by Crippen LogP contribution is -2.32. The van der Waals surface area contributed by atoms with Crippen molar-refractivity contribution in [2.45, 2.75) is 6.92 Å². The van der Waals surface area contributed by atoms with Crippen molar-refractivity contribution >= 4 is 44.7 Å². The molecule has 0 radical (unpaired) electrons. The van der Waals surface area contributed by atoms with Gasteiger partial charge in [0.25, 0.3) is 11.8 Å². The second kappa shape index (κ2) is 8.55. The van der Waals surface area contributed by atoms with Crippen molar-refractivity contribution in [1.29, 1.82) is 0 Å². The van der Waals surface area contributed by atoms with Crippen molar-refractivity contribution < 1.29 is 14.3 Å². The Hall–Kier alpha value is -3.38. The van der Waals surface area contributed by atoms with Gasteiger partial charge in [0.15, 0.2) is 0 Å². The Labute approximate surface area is 183 Å². The van der Waals surface area contributed by atoms with E-state index in [0.29, 0.717) is 34.9 Å². The zero-order valence-electron chi connectivity index (χ0n) is 16.3. The Morgan fingerprint density at radius 3 is 2.37 bits per heavy atom. The summed E-state index contributed by atoms with van der Waals surface area (Å²) in [5, 5.41) is 3.16. The molecule has 30 heavy (non-hydrogen) atoms. The first-order valence-corrected chi connectivity index (χ1v) is 10.3. The van der Waals surface area contributed by atoms with Crippen LogP contribution in [0.1, 0.15) is 12.5 Å². The first-order chi connectivity index (χ1) is 14.6. The van der Waals surface area contributed by atoms with Crippen LogP contribution in [0.2, 0.25) is 0 Å². The zero-order valence-corrected chi connectivity index (χ0v) is 17.8.